The van der Waals surface area contributed by atoms with Gasteiger partial charge >= 0.3 is 0 Å². The Labute approximate surface area is 128 Å². The maximum atomic E-state index is 12.4. The Morgan fingerprint density at radius 1 is 1.14 bits per heavy atom. The SMILES string of the molecule is CCOc1ccc(N)c(S(=O)CCCc2ccccc2)c1. The van der Waals surface area contributed by atoms with Gasteiger partial charge < -0.3 is 10.5 Å². The Morgan fingerprint density at radius 3 is 2.62 bits per heavy atom. The second kappa shape index (κ2) is 7.84. The van der Waals surface area contributed by atoms with Crippen LogP contribution >= 0.6 is 0 Å². The number of hydrogen-bond donors (Lipinski definition) is 1. The fourth-order valence-electron chi connectivity index (χ4n) is 2.13. The van der Waals surface area contributed by atoms with Gasteiger partial charge in [-0.15, -0.1) is 0 Å². The lowest BCUT2D eigenvalue weighted by atomic mass is 10.1. The van der Waals surface area contributed by atoms with Gasteiger partial charge in [0, 0.05) is 11.4 Å². The van der Waals surface area contributed by atoms with Crippen LogP contribution < -0.4 is 10.5 Å². The maximum absolute atomic E-state index is 12.4. The summed E-state index contributed by atoms with van der Waals surface area (Å²) in [5.74, 6) is 1.33. The highest BCUT2D eigenvalue weighted by atomic mass is 32.2. The van der Waals surface area contributed by atoms with Gasteiger partial charge in [0.25, 0.3) is 0 Å². The van der Waals surface area contributed by atoms with E-state index in [9.17, 15) is 4.21 Å². The van der Waals surface area contributed by atoms with Crippen LogP contribution in [0, 0.1) is 0 Å². The van der Waals surface area contributed by atoms with Crippen molar-refractivity contribution in [2.45, 2.75) is 24.7 Å². The number of benzene rings is 2. The van der Waals surface area contributed by atoms with E-state index in [0.29, 0.717) is 22.9 Å². The number of nitrogens with two attached hydrogens (primary N) is 1. The zero-order chi connectivity index (χ0) is 15.1. The van der Waals surface area contributed by atoms with E-state index in [2.05, 4.69) is 12.1 Å². The molecule has 21 heavy (non-hydrogen) atoms. The van der Waals surface area contributed by atoms with Crippen LogP contribution in [0.1, 0.15) is 18.9 Å². The standard InChI is InChI=1S/C17H21NO2S/c1-2-20-15-10-11-16(18)17(13-15)21(19)12-6-9-14-7-4-3-5-8-14/h3-5,7-8,10-11,13H,2,6,9,12,18H2,1H3. The quantitative estimate of drug-likeness (QED) is 0.798. The number of aryl methyl sites for hydroxylation is 1. The van der Waals surface area contributed by atoms with Gasteiger partial charge in [-0.05, 0) is 43.5 Å². The molecule has 2 aromatic rings. The second-order valence-corrected chi connectivity index (χ2v) is 6.31. The molecule has 0 heterocycles. The van der Waals surface area contributed by atoms with Crippen LogP contribution in [0.3, 0.4) is 0 Å². The minimum Gasteiger partial charge on any atom is -0.494 e. The van der Waals surface area contributed by atoms with Crippen molar-refractivity contribution in [2.75, 3.05) is 18.1 Å². The summed E-state index contributed by atoms with van der Waals surface area (Å²) < 4.78 is 17.8. The first-order chi connectivity index (χ1) is 10.2. The van der Waals surface area contributed by atoms with Crippen LogP contribution in [0.5, 0.6) is 5.75 Å². The van der Waals surface area contributed by atoms with Gasteiger partial charge in [0.05, 0.1) is 22.3 Å². The third-order valence-corrected chi connectivity index (χ3v) is 4.68. The largest absolute Gasteiger partial charge is 0.494 e. The van der Waals surface area contributed by atoms with Gasteiger partial charge in [-0.3, -0.25) is 4.21 Å². The molecule has 1 unspecified atom stereocenters. The molecule has 0 fully saturated rings. The molecule has 2 aromatic carbocycles. The first kappa shape index (κ1) is 15.6. The van der Waals surface area contributed by atoms with Crippen molar-refractivity contribution in [3.8, 4) is 5.75 Å². The average molecular weight is 303 g/mol. The van der Waals surface area contributed by atoms with E-state index in [1.165, 1.54) is 5.56 Å². The van der Waals surface area contributed by atoms with E-state index in [0.717, 1.165) is 18.6 Å². The number of anilines is 1. The Kier molecular flexibility index (Phi) is 5.81. The van der Waals surface area contributed by atoms with Crippen LogP contribution in [0.15, 0.2) is 53.4 Å². The Morgan fingerprint density at radius 2 is 1.90 bits per heavy atom. The Hall–Kier alpha value is -1.81. The molecule has 0 aromatic heterocycles. The van der Waals surface area contributed by atoms with Crippen LogP contribution in [-0.4, -0.2) is 16.6 Å². The summed E-state index contributed by atoms with van der Waals surface area (Å²) in [7, 11) is -1.09. The predicted molar refractivity (Wildman–Crippen MR) is 88.1 cm³/mol. The average Bonchev–Trinajstić information content (AvgIpc) is 2.50. The minimum atomic E-state index is -1.09. The zero-order valence-electron chi connectivity index (χ0n) is 12.2. The molecule has 0 saturated carbocycles. The van der Waals surface area contributed by atoms with E-state index in [1.54, 1.807) is 12.1 Å². The molecule has 0 bridgehead atoms. The molecule has 0 spiro atoms. The molecule has 112 valence electrons. The summed E-state index contributed by atoms with van der Waals surface area (Å²) in [5.41, 5.74) is 7.76. The monoisotopic (exact) mass is 303 g/mol. The fourth-order valence-corrected chi connectivity index (χ4v) is 3.34. The second-order valence-electron chi connectivity index (χ2n) is 4.77. The molecule has 4 heteroatoms. The van der Waals surface area contributed by atoms with Gasteiger partial charge in [0.15, 0.2) is 0 Å². The van der Waals surface area contributed by atoms with Gasteiger partial charge in [-0.25, -0.2) is 0 Å². The van der Waals surface area contributed by atoms with E-state index in [1.807, 2.05) is 31.2 Å². The summed E-state index contributed by atoms with van der Waals surface area (Å²) in [5, 5.41) is 0. The van der Waals surface area contributed by atoms with Crippen molar-refractivity contribution in [3.05, 3.63) is 54.1 Å². The molecule has 0 radical (unpaired) electrons. The van der Waals surface area contributed by atoms with E-state index in [-0.39, 0.29) is 0 Å². The molecule has 0 aliphatic carbocycles. The van der Waals surface area contributed by atoms with Crippen molar-refractivity contribution in [2.24, 2.45) is 0 Å². The summed E-state index contributed by atoms with van der Waals surface area (Å²) in [6.07, 6.45) is 1.80. The van der Waals surface area contributed by atoms with Crippen LogP contribution in [0.25, 0.3) is 0 Å². The molecule has 1 atom stereocenters. The van der Waals surface area contributed by atoms with Crippen molar-refractivity contribution >= 4 is 16.5 Å². The maximum Gasteiger partial charge on any atom is 0.120 e. The predicted octanol–water partition coefficient (Wildman–Crippen LogP) is 3.41. The van der Waals surface area contributed by atoms with Crippen molar-refractivity contribution < 1.29 is 8.95 Å². The summed E-state index contributed by atoms with van der Waals surface area (Å²) in [6, 6.07) is 15.6. The minimum absolute atomic E-state index is 0.566. The van der Waals surface area contributed by atoms with Crippen LogP contribution in [-0.2, 0) is 17.2 Å². The van der Waals surface area contributed by atoms with Crippen LogP contribution in [0.4, 0.5) is 5.69 Å². The summed E-state index contributed by atoms with van der Waals surface area (Å²) in [4.78, 5) is 0.675. The molecule has 0 aliphatic heterocycles. The van der Waals surface area contributed by atoms with Gasteiger partial charge in [0.1, 0.15) is 5.75 Å². The number of hydrogen-bond acceptors (Lipinski definition) is 3. The number of ether oxygens (including phenoxy) is 1. The van der Waals surface area contributed by atoms with Crippen molar-refractivity contribution in [1.82, 2.24) is 0 Å². The molecule has 0 aliphatic rings. The van der Waals surface area contributed by atoms with Crippen LogP contribution in [0.2, 0.25) is 0 Å². The molecule has 0 saturated heterocycles. The molecular formula is C17H21NO2S. The summed E-state index contributed by atoms with van der Waals surface area (Å²) in [6.45, 7) is 2.51. The lowest BCUT2D eigenvalue weighted by molar-refractivity contribution is 0.339. The highest BCUT2D eigenvalue weighted by molar-refractivity contribution is 7.85. The smallest absolute Gasteiger partial charge is 0.120 e. The number of rotatable bonds is 7. The van der Waals surface area contributed by atoms with E-state index < -0.39 is 10.8 Å². The molecule has 3 nitrogen and oxygen atoms in total. The van der Waals surface area contributed by atoms with Crippen molar-refractivity contribution in [3.63, 3.8) is 0 Å². The van der Waals surface area contributed by atoms with Gasteiger partial charge in [0.2, 0.25) is 0 Å². The van der Waals surface area contributed by atoms with Crippen molar-refractivity contribution in [1.29, 1.82) is 0 Å². The first-order valence-corrected chi connectivity index (χ1v) is 8.47. The van der Waals surface area contributed by atoms with Gasteiger partial charge in [-0.2, -0.15) is 0 Å². The zero-order valence-corrected chi connectivity index (χ0v) is 13.1. The highest BCUT2D eigenvalue weighted by Gasteiger charge is 2.09. The molecule has 2 N–H and O–H groups in total. The summed E-state index contributed by atoms with van der Waals surface area (Å²) >= 11 is 0. The van der Waals surface area contributed by atoms with Gasteiger partial charge in [-0.1, -0.05) is 30.3 Å². The third kappa shape index (κ3) is 4.60. The lowest BCUT2D eigenvalue weighted by Crippen LogP contribution is -2.04. The normalized spacial score (nSPS) is 12.0. The molecule has 0 amide bonds. The van der Waals surface area contributed by atoms with E-state index in [4.69, 9.17) is 10.5 Å². The molecule has 2 rings (SSSR count). The fraction of sp³-hybridized carbons (Fsp3) is 0.294. The first-order valence-electron chi connectivity index (χ1n) is 7.15. The van der Waals surface area contributed by atoms with E-state index >= 15 is 0 Å². The number of nitrogen functional groups attached to an aromatic ring is 1. The Balaban J connectivity index is 1.95. The Bertz CT molecular complexity index is 599. The highest BCUT2D eigenvalue weighted by Crippen LogP contribution is 2.23. The lowest BCUT2D eigenvalue weighted by Gasteiger charge is -2.09. The third-order valence-electron chi connectivity index (χ3n) is 3.18. The molecular weight excluding hydrogens is 282 g/mol. The topological polar surface area (TPSA) is 52.3 Å².